The Hall–Kier alpha value is -2.04. The quantitative estimate of drug-likeness (QED) is 0.623. The summed E-state index contributed by atoms with van der Waals surface area (Å²) in [6.07, 6.45) is 1.47. The fourth-order valence-electron chi connectivity index (χ4n) is 2.64. The van der Waals surface area contributed by atoms with Crippen LogP contribution >= 0.6 is 34.7 Å². The molecule has 0 bridgehead atoms. The summed E-state index contributed by atoms with van der Waals surface area (Å²) < 4.78 is 0. The van der Waals surface area contributed by atoms with E-state index >= 15 is 0 Å². The van der Waals surface area contributed by atoms with Crippen LogP contribution in [0.2, 0.25) is 0 Å². The number of β-lactam (4-membered cyclic amide) rings is 1. The van der Waals surface area contributed by atoms with E-state index in [1.54, 1.807) is 5.38 Å². The summed E-state index contributed by atoms with van der Waals surface area (Å²) in [5.41, 5.74) is 7.62. The standard InChI is InChI=1S/C14H13ClN4O4S2/c15-2-1-6-4-24-12-9(11(21)19(12)10(6)13(22)23)18-8(20)3-7-5-25-14(16)17-7/h1-2,5,9,12H,3-4H2,(H2,16,17)(H,18,20)(H,22,23)/b2-1+/t9?,12-/m0/s1. The zero-order valence-corrected chi connectivity index (χ0v) is 15.0. The second-order valence-electron chi connectivity index (χ2n) is 5.28. The van der Waals surface area contributed by atoms with E-state index in [-0.39, 0.29) is 18.0 Å². The first-order chi connectivity index (χ1) is 11.9. The lowest BCUT2D eigenvalue weighted by molar-refractivity contribution is -0.150. The summed E-state index contributed by atoms with van der Waals surface area (Å²) in [4.78, 5) is 41.2. The summed E-state index contributed by atoms with van der Waals surface area (Å²) in [7, 11) is 0. The van der Waals surface area contributed by atoms with E-state index in [1.165, 1.54) is 39.6 Å². The van der Waals surface area contributed by atoms with Gasteiger partial charge in [-0.05, 0) is 11.6 Å². The smallest absolute Gasteiger partial charge is 0.352 e. The minimum atomic E-state index is -1.20. The number of anilines is 1. The van der Waals surface area contributed by atoms with Crippen LogP contribution in [0.15, 0.2) is 28.3 Å². The van der Waals surface area contributed by atoms with Gasteiger partial charge in [0.1, 0.15) is 17.1 Å². The number of halogens is 1. The number of nitrogens with two attached hydrogens (primary N) is 1. The Balaban J connectivity index is 1.70. The van der Waals surface area contributed by atoms with Crippen LogP contribution in [0.5, 0.6) is 0 Å². The van der Waals surface area contributed by atoms with Gasteiger partial charge in [-0.1, -0.05) is 11.6 Å². The van der Waals surface area contributed by atoms with Crippen molar-refractivity contribution in [2.24, 2.45) is 0 Å². The number of amides is 2. The number of allylic oxidation sites excluding steroid dienone is 1. The van der Waals surface area contributed by atoms with Crippen molar-refractivity contribution in [1.29, 1.82) is 0 Å². The summed E-state index contributed by atoms with van der Waals surface area (Å²) in [5.74, 6) is -1.64. The van der Waals surface area contributed by atoms with E-state index in [0.717, 1.165) is 0 Å². The van der Waals surface area contributed by atoms with Gasteiger partial charge in [-0.25, -0.2) is 9.78 Å². The molecule has 11 heteroatoms. The number of nitrogens with zero attached hydrogens (tertiary/aromatic N) is 2. The Morgan fingerprint density at radius 3 is 2.92 bits per heavy atom. The number of carbonyl (C=O) groups is 3. The predicted octanol–water partition coefficient (Wildman–Crippen LogP) is 0.759. The van der Waals surface area contributed by atoms with E-state index in [0.29, 0.717) is 22.2 Å². The molecule has 4 N–H and O–H groups in total. The van der Waals surface area contributed by atoms with Gasteiger partial charge in [0.15, 0.2) is 5.13 Å². The lowest BCUT2D eigenvalue weighted by atomic mass is 10.0. The molecule has 2 aliphatic rings. The highest BCUT2D eigenvalue weighted by atomic mass is 35.5. The van der Waals surface area contributed by atoms with Gasteiger partial charge in [0, 0.05) is 16.7 Å². The fourth-order valence-corrected chi connectivity index (χ4v) is 4.67. The molecule has 2 aliphatic heterocycles. The van der Waals surface area contributed by atoms with Crippen molar-refractivity contribution in [3.63, 3.8) is 0 Å². The van der Waals surface area contributed by atoms with Crippen LogP contribution in [0.3, 0.4) is 0 Å². The lowest BCUT2D eigenvalue weighted by Gasteiger charge is -2.49. The molecule has 1 fully saturated rings. The molecular weight excluding hydrogens is 388 g/mol. The third-order valence-corrected chi connectivity index (χ3v) is 5.84. The Morgan fingerprint density at radius 1 is 1.56 bits per heavy atom. The van der Waals surface area contributed by atoms with Gasteiger partial charge in [0.25, 0.3) is 5.91 Å². The first kappa shape index (κ1) is 17.8. The molecule has 2 amide bonds. The van der Waals surface area contributed by atoms with Crippen molar-refractivity contribution in [3.05, 3.63) is 34.0 Å². The van der Waals surface area contributed by atoms with Crippen LogP contribution in [0.25, 0.3) is 0 Å². The number of thioether (sulfide) groups is 1. The number of carbonyl (C=O) groups excluding carboxylic acids is 2. The number of nitrogens with one attached hydrogen (secondary N) is 1. The highest BCUT2D eigenvalue weighted by Crippen LogP contribution is 2.40. The van der Waals surface area contributed by atoms with Gasteiger partial charge < -0.3 is 16.2 Å². The molecule has 1 aromatic heterocycles. The third-order valence-electron chi connectivity index (χ3n) is 3.69. The summed E-state index contributed by atoms with van der Waals surface area (Å²) >= 11 is 8.13. The molecule has 8 nitrogen and oxygen atoms in total. The summed E-state index contributed by atoms with van der Waals surface area (Å²) in [6.45, 7) is 0. The largest absolute Gasteiger partial charge is 0.477 e. The van der Waals surface area contributed by atoms with Crippen molar-refractivity contribution in [2.45, 2.75) is 17.8 Å². The van der Waals surface area contributed by atoms with Crippen LogP contribution in [-0.4, -0.2) is 49.9 Å². The average Bonchev–Trinajstić information content (AvgIpc) is 2.97. The molecule has 0 radical (unpaired) electrons. The maximum atomic E-state index is 12.4. The van der Waals surface area contributed by atoms with E-state index < -0.39 is 23.3 Å². The van der Waals surface area contributed by atoms with E-state index in [9.17, 15) is 19.5 Å². The maximum absolute atomic E-state index is 12.4. The molecule has 0 spiro atoms. The molecule has 3 heterocycles. The monoisotopic (exact) mass is 400 g/mol. The Kier molecular flexibility index (Phi) is 5.02. The molecule has 132 valence electrons. The van der Waals surface area contributed by atoms with Gasteiger partial charge in [0.05, 0.1) is 12.1 Å². The van der Waals surface area contributed by atoms with Crippen molar-refractivity contribution < 1.29 is 19.5 Å². The molecule has 1 unspecified atom stereocenters. The van der Waals surface area contributed by atoms with Crippen LogP contribution in [0.4, 0.5) is 5.13 Å². The molecule has 0 aromatic carbocycles. The number of aromatic nitrogens is 1. The molecule has 1 saturated heterocycles. The fraction of sp³-hybridized carbons (Fsp3) is 0.286. The highest BCUT2D eigenvalue weighted by molar-refractivity contribution is 8.00. The predicted molar refractivity (Wildman–Crippen MR) is 94.9 cm³/mol. The van der Waals surface area contributed by atoms with E-state index in [4.69, 9.17) is 17.3 Å². The summed E-state index contributed by atoms with van der Waals surface area (Å²) in [6, 6.07) is -0.760. The average molecular weight is 401 g/mol. The van der Waals surface area contributed by atoms with Gasteiger partial charge in [0.2, 0.25) is 5.91 Å². The Morgan fingerprint density at radius 2 is 2.32 bits per heavy atom. The minimum Gasteiger partial charge on any atom is -0.477 e. The Bertz CT molecular complexity index is 807. The van der Waals surface area contributed by atoms with Crippen molar-refractivity contribution >= 4 is 57.6 Å². The number of carboxylic acid groups (broad SMARTS) is 1. The van der Waals surface area contributed by atoms with Gasteiger partial charge in [-0.3, -0.25) is 14.5 Å². The lowest BCUT2D eigenvalue weighted by Crippen LogP contribution is -2.70. The molecule has 1 aromatic rings. The number of hydrogen-bond acceptors (Lipinski definition) is 7. The van der Waals surface area contributed by atoms with Crippen molar-refractivity contribution in [2.75, 3.05) is 11.5 Å². The number of nitrogen functional groups attached to an aromatic ring is 1. The van der Waals surface area contributed by atoms with Gasteiger partial charge in [-0.2, -0.15) is 0 Å². The first-order valence-electron chi connectivity index (χ1n) is 7.09. The van der Waals surface area contributed by atoms with Crippen molar-refractivity contribution in [1.82, 2.24) is 15.2 Å². The number of carboxylic acids is 1. The third kappa shape index (κ3) is 3.37. The van der Waals surface area contributed by atoms with Crippen LogP contribution < -0.4 is 11.1 Å². The number of rotatable bonds is 5. The van der Waals surface area contributed by atoms with Crippen LogP contribution in [0, 0.1) is 0 Å². The molecule has 0 saturated carbocycles. The van der Waals surface area contributed by atoms with E-state index in [1.807, 2.05) is 0 Å². The second-order valence-corrected chi connectivity index (χ2v) is 7.53. The number of fused-ring (bicyclic) bond motifs is 1. The SMILES string of the molecule is Nc1nc(CC(=O)NC2C(=O)N3C(C(=O)O)=C(/C=C/Cl)CS[C@@H]23)cs1. The van der Waals surface area contributed by atoms with Crippen LogP contribution in [0.1, 0.15) is 5.69 Å². The molecule has 0 aliphatic carbocycles. The minimum absolute atomic E-state index is 0.0106. The zero-order valence-electron chi connectivity index (χ0n) is 12.6. The summed E-state index contributed by atoms with van der Waals surface area (Å²) in [5, 5.41) is 13.6. The number of hydrogen-bond donors (Lipinski definition) is 3. The van der Waals surface area contributed by atoms with Crippen molar-refractivity contribution in [3.8, 4) is 0 Å². The maximum Gasteiger partial charge on any atom is 0.352 e. The topological polar surface area (TPSA) is 126 Å². The normalized spacial score (nSPS) is 22.8. The number of thiazole rings is 1. The Labute approximate surface area is 155 Å². The molecule has 25 heavy (non-hydrogen) atoms. The van der Waals surface area contributed by atoms with Gasteiger partial charge in [-0.15, -0.1) is 23.1 Å². The number of aliphatic carboxylic acids is 1. The van der Waals surface area contributed by atoms with Gasteiger partial charge >= 0.3 is 5.97 Å². The van der Waals surface area contributed by atoms with Crippen LogP contribution in [-0.2, 0) is 20.8 Å². The molecule has 2 atom stereocenters. The first-order valence-corrected chi connectivity index (χ1v) is 9.46. The van der Waals surface area contributed by atoms with E-state index in [2.05, 4.69) is 10.3 Å². The zero-order chi connectivity index (χ0) is 18.1. The molecule has 3 rings (SSSR count). The second kappa shape index (κ2) is 7.06. The molecular formula is C14H13ClN4O4S2. The highest BCUT2D eigenvalue weighted by Gasteiger charge is 2.53.